The highest BCUT2D eigenvalue weighted by molar-refractivity contribution is 7.12. The van der Waals surface area contributed by atoms with Crippen LogP contribution in [0.4, 0.5) is 0 Å². The van der Waals surface area contributed by atoms with Crippen LogP contribution < -0.4 is 0 Å². The van der Waals surface area contributed by atoms with E-state index >= 15 is 0 Å². The number of carbonyl (C=O) groups is 1. The molecule has 0 aromatic carbocycles. The van der Waals surface area contributed by atoms with Crippen molar-refractivity contribution in [2.24, 2.45) is 5.92 Å². The summed E-state index contributed by atoms with van der Waals surface area (Å²) in [5.41, 5.74) is 0. The number of aliphatic hydroxyl groups excluding tert-OH is 1. The van der Waals surface area contributed by atoms with E-state index in [2.05, 4.69) is 4.90 Å². The molecule has 1 unspecified atom stereocenters. The number of piperidine rings is 2. The lowest BCUT2D eigenvalue weighted by molar-refractivity contribution is 0.0449. The maximum Gasteiger partial charge on any atom is 0.265 e. The number of carbonyl (C=O) groups excluding carboxylic acids is 1. The third-order valence-corrected chi connectivity index (χ3v) is 6.25. The second-order valence-electron chi connectivity index (χ2n) is 6.31. The predicted octanol–water partition coefficient (Wildman–Crippen LogP) is 2.71. The van der Waals surface area contributed by atoms with Crippen molar-refractivity contribution >= 4 is 28.8 Å². The molecule has 2 aliphatic heterocycles. The fourth-order valence-electron chi connectivity index (χ4n) is 3.53. The van der Waals surface area contributed by atoms with Crippen molar-refractivity contribution in [3.05, 3.63) is 21.3 Å². The topological polar surface area (TPSA) is 43.8 Å². The molecule has 0 spiro atoms. The molecular weight excluding hydrogens is 320 g/mol. The molecule has 2 aliphatic rings. The largest absolute Gasteiger partial charge is 0.396 e. The minimum atomic E-state index is 0.0787. The molecule has 22 heavy (non-hydrogen) atoms. The molecule has 6 heteroatoms. The Morgan fingerprint density at radius 3 is 2.73 bits per heavy atom. The van der Waals surface area contributed by atoms with Gasteiger partial charge in [0.2, 0.25) is 0 Å². The molecule has 4 nitrogen and oxygen atoms in total. The Morgan fingerprint density at radius 1 is 1.32 bits per heavy atom. The zero-order valence-electron chi connectivity index (χ0n) is 12.7. The molecule has 0 bridgehead atoms. The summed E-state index contributed by atoms with van der Waals surface area (Å²) in [5, 5.41) is 11.7. The molecule has 3 rings (SSSR count). The minimum Gasteiger partial charge on any atom is -0.396 e. The minimum absolute atomic E-state index is 0.0787. The fraction of sp³-hybridized carbons (Fsp3) is 0.688. The van der Waals surface area contributed by atoms with Crippen LogP contribution in [0.1, 0.15) is 35.4 Å². The van der Waals surface area contributed by atoms with Crippen molar-refractivity contribution in [3.8, 4) is 0 Å². The Bertz CT molecular complexity index is 514. The summed E-state index contributed by atoms with van der Waals surface area (Å²) in [6, 6.07) is 2.25. The molecule has 122 valence electrons. The molecular formula is C16H23ClN2O2S. The summed E-state index contributed by atoms with van der Waals surface area (Å²) >= 11 is 7.53. The highest BCUT2D eigenvalue weighted by Crippen LogP contribution is 2.27. The molecule has 0 saturated carbocycles. The number of amides is 1. The maximum atomic E-state index is 12.6. The van der Waals surface area contributed by atoms with E-state index in [0.29, 0.717) is 28.5 Å². The molecule has 2 saturated heterocycles. The van der Waals surface area contributed by atoms with Crippen molar-refractivity contribution in [3.63, 3.8) is 0 Å². The van der Waals surface area contributed by atoms with Crippen molar-refractivity contribution in [2.45, 2.75) is 31.7 Å². The first kappa shape index (κ1) is 16.2. The van der Waals surface area contributed by atoms with Gasteiger partial charge in [0.15, 0.2) is 0 Å². The van der Waals surface area contributed by atoms with Gasteiger partial charge in [-0.05, 0) is 56.1 Å². The highest BCUT2D eigenvalue weighted by atomic mass is 35.5. The van der Waals surface area contributed by atoms with Crippen molar-refractivity contribution in [2.75, 3.05) is 32.8 Å². The number of rotatable bonds is 3. The Hall–Kier alpha value is -0.620. The summed E-state index contributed by atoms with van der Waals surface area (Å²) < 4.78 is 0. The molecule has 0 aliphatic carbocycles. The van der Waals surface area contributed by atoms with Gasteiger partial charge in [0.25, 0.3) is 5.91 Å². The average Bonchev–Trinajstić information content (AvgIpc) is 3.00. The number of halogens is 1. The smallest absolute Gasteiger partial charge is 0.265 e. The van der Waals surface area contributed by atoms with E-state index in [1.807, 2.05) is 10.3 Å². The normalized spacial score (nSPS) is 24.6. The third kappa shape index (κ3) is 3.48. The first-order chi connectivity index (χ1) is 10.7. The zero-order valence-corrected chi connectivity index (χ0v) is 14.3. The maximum absolute atomic E-state index is 12.6. The van der Waals surface area contributed by atoms with Gasteiger partial charge in [0, 0.05) is 25.7 Å². The van der Waals surface area contributed by atoms with Crippen LogP contribution in [0.15, 0.2) is 11.4 Å². The number of hydrogen-bond acceptors (Lipinski definition) is 4. The number of likely N-dealkylation sites (tertiary alicyclic amines) is 2. The summed E-state index contributed by atoms with van der Waals surface area (Å²) in [6.07, 6.45) is 4.35. The van der Waals surface area contributed by atoms with E-state index in [1.54, 1.807) is 6.07 Å². The van der Waals surface area contributed by atoms with Gasteiger partial charge in [-0.2, -0.15) is 0 Å². The van der Waals surface area contributed by atoms with Gasteiger partial charge in [-0.15, -0.1) is 11.3 Å². The lowest BCUT2D eigenvalue weighted by atomic mass is 9.94. The average molecular weight is 343 g/mol. The lowest BCUT2D eigenvalue weighted by Gasteiger charge is -2.42. The van der Waals surface area contributed by atoms with Gasteiger partial charge in [-0.3, -0.25) is 9.69 Å². The number of nitrogens with zero attached hydrogens (tertiary/aromatic N) is 2. The number of aliphatic hydroxyl groups is 1. The third-order valence-electron chi connectivity index (χ3n) is 4.92. The fourth-order valence-corrected chi connectivity index (χ4v) is 4.63. The Morgan fingerprint density at radius 2 is 2.09 bits per heavy atom. The Kier molecular flexibility index (Phi) is 5.39. The van der Waals surface area contributed by atoms with E-state index in [-0.39, 0.29) is 5.91 Å². The van der Waals surface area contributed by atoms with E-state index in [4.69, 9.17) is 11.6 Å². The summed E-state index contributed by atoms with van der Waals surface area (Å²) in [5.74, 6) is 0.539. The van der Waals surface area contributed by atoms with Crippen LogP contribution in [0, 0.1) is 5.92 Å². The van der Waals surface area contributed by atoms with E-state index in [1.165, 1.54) is 11.3 Å². The molecule has 1 aromatic heterocycles. The predicted molar refractivity (Wildman–Crippen MR) is 89.6 cm³/mol. The van der Waals surface area contributed by atoms with Crippen LogP contribution in [0.2, 0.25) is 5.02 Å². The van der Waals surface area contributed by atoms with Crippen LogP contribution in [0.25, 0.3) is 0 Å². The number of thiophene rings is 1. The molecule has 1 aromatic rings. The van der Waals surface area contributed by atoms with Crippen LogP contribution in [0.5, 0.6) is 0 Å². The van der Waals surface area contributed by atoms with Gasteiger partial charge < -0.3 is 10.0 Å². The van der Waals surface area contributed by atoms with Gasteiger partial charge in [-0.25, -0.2) is 0 Å². The van der Waals surface area contributed by atoms with Gasteiger partial charge in [-0.1, -0.05) is 11.6 Å². The quantitative estimate of drug-likeness (QED) is 0.918. The van der Waals surface area contributed by atoms with Gasteiger partial charge in [0.1, 0.15) is 4.88 Å². The van der Waals surface area contributed by atoms with Crippen LogP contribution in [0.3, 0.4) is 0 Å². The standard InChI is InChI=1S/C16H23ClN2O2S/c17-14-5-9-22-15(14)16(21)19-6-1-2-13(10-19)18-7-3-12(11-20)4-8-18/h5,9,12-13,20H,1-4,6-8,10-11H2. The van der Waals surface area contributed by atoms with Gasteiger partial charge >= 0.3 is 0 Å². The highest BCUT2D eigenvalue weighted by Gasteiger charge is 2.31. The molecule has 0 radical (unpaired) electrons. The van der Waals surface area contributed by atoms with Crippen molar-refractivity contribution in [1.29, 1.82) is 0 Å². The van der Waals surface area contributed by atoms with Gasteiger partial charge in [0.05, 0.1) is 5.02 Å². The zero-order chi connectivity index (χ0) is 15.5. The van der Waals surface area contributed by atoms with Crippen LogP contribution in [-0.2, 0) is 0 Å². The molecule has 1 amide bonds. The van der Waals surface area contributed by atoms with E-state index in [9.17, 15) is 9.90 Å². The van der Waals surface area contributed by atoms with Crippen molar-refractivity contribution < 1.29 is 9.90 Å². The Labute approximate surface area is 140 Å². The second kappa shape index (κ2) is 7.30. The summed E-state index contributed by atoms with van der Waals surface area (Å²) in [7, 11) is 0. The SMILES string of the molecule is O=C(c1sccc1Cl)N1CCCC(N2CCC(CO)CC2)C1. The van der Waals surface area contributed by atoms with Crippen molar-refractivity contribution in [1.82, 2.24) is 9.80 Å². The number of hydrogen-bond donors (Lipinski definition) is 1. The van der Waals surface area contributed by atoms with Crippen LogP contribution >= 0.6 is 22.9 Å². The first-order valence-electron chi connectivity index (χ1n) is 8.06. The monoisotopic (exact) mass is 342 g/mol. The van der Waals surface area contributed by atoms with E-state index < -0.39 is 0 Å². The lowest BCUT2D eigenvalue weighted by Crippen LogP contribution is -2.52. The molecule has 1 N–H and O–H groups in total. The molecule has 1 atom stereocenters. The first-order valence-corrected chi connectivity index (χ1v) is 9.32. The van der Waals surface area contributed by atoms with Crippen LogP contribution in [-0.4, -0.2) is 59.6 Å². The molecule has 3 heterocycles. The van der Waals surface area contributed by atoms with E-state index in [0.717, 1.165) is 51.9 Å². The summed E-state index contributed by atoms with van der Waals surface area (Å²) in [4.78, 5) is 17.7. The molecule has 2 fully saturated rings. The second-order valence-corrected chi connectivity index (χ2v) is 7.63. The Balaban J connectivity index is 1.60. The summed E-state index contributed by atoms with van der Waals surface area (Å²) in [6.45, 7) is 4.02.